The summed E-state index contributed by atoms with van der Waals surface area (Å²) in [4.78, 5) is 2.45. The van der Waals surface area contributed by atoms with Gasteiger partial charge in [-0.2, -0.15) is 0 Å². The monoisotopic (exact) mass is 260 g/mol. The van der Waals surface area contributed by atoms with Gasteiger partial charge in [-0.1, -0.05) is 32.9 Å². The van der Waals surface area contributed by atoms with Gasteiger partial charge in [0.15, 0.2) is 0 Å². The topological polar surface area (TPSA) is 15.3 Å². The quantitative estimate of drug-likeness (QED) is 0.868. The summed E-state index contributed by atoms with van der Waals surface area (Å²) in [6.45, 7) is 10.3. The molecule has 0 radical (unpaired) electrons. The van der Waals surface area contributed by atoms with Crippen LogP contribution in [0.3, 0.4) is 0 Å². The van der Waals surface area contributed by atoms with Crippen LogP contribution in [0.4, 0.5) is 5.69 Å². The Balaban J connectivity index is 1.97. The van der Waals surface area contributed by atoms with Crippen molar-refractivity contribution in [2.75, 3.05) is 18.9 Å². The maximum atomic E-state index is 3.68. The van der Waals surface area contributed by atoms with Crippen molar-refractivity contribution >= 4 is 5.69 Å². The van der Waals surface area contributed by atoms with Crippen LogP contribution in [0.1, 0.15) is 46.1 Å². The van der Waals surface area contributed by atoms with E-state index in [2.05, 4.69) is 69.2 Å². The third-order valence-electron chi connectivity index (χ3n) is 4.33. The van der Waals surface area contributed by atoms with E-state index in [1.807, 2.05) is 0 Å². The Morgan fingerprint density at radius 3 is 2.32 bits per heavy atom. The van der Waals surface area contributed by atoms with Crippen molar-refractivity contribution in [2.24, 2.45) is 0 Å². The van der Waals surface area contributed by atoms with E-state index >= 15 is 0 Å². The lowest BCUT2D eigenvalue weighted by atomic mass is 9.87. The molecule has 0 amide bonds. The average Bonchev–Trinajstić information content (AvgIpc) is 2.33. The van der Waals surface area contributed by atoms with Crippen LogP contribution < -0.4 is 5.32 Å². The number of rotatable bonds is 2. The second kappa shape index (κ2) is 5.54. The van der Waals surface area contributed by atoms with Crippen LogP contribution in [0.15, 0.2) is 24.3 Å². The standard InChI is InChI=1S/C17H28N2/c1-13-12-16(10-11-19(13)5)18-15-8-6-14(7-9-15)17(2,3)4/h6-9,13,16,18H,10-12H2,1-5H3. The minimum atomic E-state index is 0.237. The van der Waals surface area contributed by atoms with E-state index in [4.69, 9.17) is 0 Å². The van der Waals surface area contributed by atoms with E-state index in [-0.39, 0.29) is 5.41 Å². The predicted octanol–water partition coefficient (Wildman–Crippen LogP) is 3.88. The van der Waals surface area contributed by atoms with Gasteiger partial charge in [-0.3, -0.25) is 0 Å². The summed E-state index contributed by atoms with van der Waals surface area (Å²) < 4.78 is 0. The summed E-state index contributed by atoms with van der Waals surface area (Å²) in [6.07, 6.45) is 2.47. The highest BCUT2D eigenvalue weighted by Crippen LogP contribution is 2.25. The molecule has 2 atom stereocenters. The number of hydrogen-bond donors (Lipinski definition) is 1. The van der Waals surface area contributed by atoms with E-state index < -0.39 is 0 Å². The molecule has 2 heteroatoms. The first kappa shape index (κ1) is 14.4. The lowest BCUT2D eigenvalue weighted by molar-refractivity contribution is 0.190. The van der Waals surface area contributed by atoms with Crippen molar-refractivity contribution in [3.8, 4) is 0 Å². The molecule has 1 fully saturated rings. The van der Waals surface area contributed by atoms with Crippen molar-refractivity contribution in [3.05, 3.63) is 29.8 Å². The maximum absolute atomic E-state index is 3.68. The fourth-order valence-corrected chi connectivity index (χ4v) is 2.72. The molecule has 19 heavy (non-hydrogen) atoms. The van der Waals surface area contributed by atoms with Gasteiger partial charge in [-0.15, -0.1) is 0 Å². The zero-order valence-corrected chi connectivity index (χ0v) is 13.0. The number of anilines is 1. The van der Waals surface area contributed by atoms with Gasteiger partial charge < -0.3 is 10.2 Å². The number of benzene rings is 1. The fraction of sp³-hybridized carbons (Fsp3) is 0.647. The molecule has 1 aliphatic heterocycles. The lowest BCUT2D eigenvalue weighted by Gasteiger charge is -2.35. The number of nitrogens with one attached hydrogen (secondary N) is 1. The van der Waals surface area contributed by atoms with Crippen LogP contribution in [0, 0.1) is 0 Å². The number of piperidine rings is 1. The number of hydrogen-bond acceptors (Lipinski definition) is 2. The average molecular weight is 260 g/mol. The van der Waals surface area contributed by atoms with Crippen LogP contribution in [-0.2, 0) is 5.41 Å². The zero-order chi connectivity index (χ0) is 14.0. The molecule has 0 spiro atoms. The highest BCUT2D eigenvalue weighted by Gasteiger charge is 2.22. The Labute approximate surface area is 118 Å². The van der Waals surface area contributed by atoms with Gasteiger partial charge in [0.25, 0.3) is 0 Å². The Hall–Kier alpha value is -1.02. The SMILES string of the molecule is CC1CC(Nc2ccc(C(C)(C)C)cc2)CCN1C. The van der Waals surface area contributed by atoms with Crippen molar-refractivity contribution in [1.82, 2.24) is 4.90 Å². The predicted molar refractivity (Wildman–Crippen MR) is 83.9 cm³/mol. The summed E-state index contributed by atoms with van der Waals surface area (Å²) in [5, 5.41) is 3.68. The van der Waals surface area contributed by atoms with E-state index in [9.17, 15) is 0 Å². The smallest absolute Gasteiger partial charge is 0.0342 e. The highest BCUT2D eigenvalue weighted by molar-refractivity contribution is 5.46. The van der Waals surface area contributed by atoms with Crippen molar-refractivity contribution in [3.63, 3.8) is 0 Å². The summed E-state index contributed by atoms with van der Waals surface area (Å²) in [6, 6.07) is 10.3. The third kappa shape index (κ3) is 3.73. The summed E-state index contributed by atoms with van der Waals surface area (Å²) in [5.74, 6) is 0. The molecule has 0 bridgehead atoms. The lowest BCUT2D eigenvalue weighted by Crippen LogP contribution is -2.42. The minimum absolute atomic E-state index is 0.237. The molecule has 1 aromatic carbocycles. The molecule has 1 N–H and O–H groups in total. The van der Waals surface area contributed by atoms with Crippen LogP contribution in [0.5, 0.6) is 0 Å². The van der Waals surface area contributed by atoms with Gasteiger partial charge in [0.2, 0.25) is 0 Å². The minimum Gasteiger partial charge on any atom is -0.382 e. The number of likely N-dealkylation sites (tertiary alicyclic amines) is 1. The second-order valence-electron chi connectivity index (χ2n) is 7.02. The van der Waals surface area contributed by atoms with Crippen LogP contribution in [0.25, 0.3) is 0 Å². The maximum Gasteiger partial charge on any atom is 0.0342 e. The van der Waals surface area contributed by atoms with Crippen molar-refractivity contribution < 1.29 is 0 Å². The van der Waals surface area contributed by atoms with E-state index in [1.54, 1.807) is 0 Å². The summed E-state index contributed by atoms with van der Waals surface area (Å²) >= 11 is 0. The first-order chi connectivity index (χ1) is 8.86. The van der Waals surface area contributed by atoms with Gasteiger partial charge in [0.1, 0.15) is 0 Å². The molecule has 1 heterocycles. The molecular formula is C17H28N2. The summed E-state index contributed by atoms with van der Waals surface area (Å²) in [5.41, 5.74) is 2.89. The zero-order valence-electron chi connectivity index (χ0n) is 13.0. The van der Waals surface area contributed by atoms with Crippen molar-refractivity contribution in [2.45, 2.75) is 58.0 Å². The molecule has 0 saturated carbocycles. The Morgan fingerprint density at radius 1 is 1.16 bits per heavy atom. The van der Waals surface area contributed by atoms with Gasteiger partial charge in [-0.25, -0.2) is 0 Å². The highest BCUT2D eigenvalue weighted by atomic mass is 15.1. The first-order valence-electron chi connectivity index (χ1n) is 7.43. The van der Waals surface area contributed by atoms with Gasteiger partial charge in [0, 0.05) is 24.3 Å². The van der Waals surface area contributed by atoms with Gasteiger partial charge in [-0.05, 0) is 49.9 Å². The molecule has 0 aromatic heterocycles. The molecule has 1 saturated heterocycles. The Bertz CT molecular complexity index is 402. The Morgan fingerprint density at radius 2 is 1.79 bits per heavy atom. The molecule has 1 aromatic rings. The van der Waals surface area contributed by atoms with Crippen LogP contribution >= 0.6 is 0 Å². The second-order valence-corrected chi connectivity index (χ2v) is 7.02. The van der Waals surface area contributed by atoms with Crippen LogP contribution in [-0.4, -0.2) is 30.6 Å². The molecule has 1 aliphatic rings. The molecular weight excluding hydrogens is 232 g/mol. The van der Waals surface area contributed by atoms with Gasteiger partial charge >= 0.3 is 0 Å². The normalized spacial score (nSPS) is 25.3. The van der Waals surface area contributed by atoms with E-state index in [0.29, 0.717) is 12.1 Å². The van der Waals surface area contributed by atoms with E-state index in [1.165, 1.54) is 30.6 Å². The van der Waals surface area contributed by atoms with Crippen molar-refractivity contribution in [1.29, 1.82) is 0 Å². The van der Waals surface area contributed by atoms with Gasteiger partial charge in [0.05, 0.1) is 0 Å². The molecule has 0 aliphatic carbocycles. The van der Waals surface area contributed by atoms with Crippen LogP contribution in [0.2, 0.25) is 0 Å². The van der Waals surface area contributed by atoms with E-state index in [0.717, 1.165) is 0 Å². The molecule has 2 nitrogen and oxygen atoms in total. The Kier molecular flexibility index (Phi) is 4.19. The molecule has 106 valence electrons. The largest absolute Gasteiger partial charge is 0.382 e. The molecule has 2 unspecified atom stereocenters. The fourth-order valence-electron chi connectivity index (χ4n) is 2.72. The third-order valence-corrected chi connectivity index (χ3v) is 4.33. The first-order valence-corrected chi connectivity index (χ1v) is 7.43. The molecule has 2 rings (SSSR count). The summed E-state index contributed by atoms with van der Waals surface area (Å²) in [7, 11) is 2.22. The number of nitrogens with zero attached hydrogens (tertiary/aromatic N) is 1.